The van der Waals surface area contributed by atoms with Gasteiger partial charge in [0.1, 0.15) is 0 Å². The molecule has 2 aromatic rings. The largest absolute Gasteiger partial charge is 0.383 e. The number of anilines is 1. The minimum Gasteiger partial charge on any atom is -0.383 e. The molecule has 1 aliphatic rings. The predicted molar refractivity (Wildman–Crippen MR) is 98.1 cm³/mol. The molecule has 6 nitrogen and oxygen atoms in total. The van der Waals surface area contributed by atoms with Crippen LogP contribution in [0.5, 0.6) is 0 Å². The zero-order valence-corrected chi connectivity index (χ0v) is 14.9. The lowest BCUT2D eigenvalue weighted by atomic mass is 9.99. The van der Waals surface area contributed by atoms with Gasteiger partial charge in [0.05, 0.1) is 11.5 Å². The predicted octanol–water partition coefficient (Wildman–Crippen LogP) is 2.71. The lowest BCUT2D eigenvalue weighted by molar-refractivity contribution is 0.0739. The summed E-state index contributed by atoms with van der Waals surface area (Å²) in [5, 5.41) is 7.45. The second-order valence-electron chi connectivity index (χ2n) is 5.81. The van der Waals surface area contributed by atoms with Gasteiger partial charge in [0.25, 0.3) is 5.91 Å². The Kier molecular flexibility index (Phi) is 5.67. The van der Waals surface area contributed by atoms with Gasteiger partial charge in [0.15, 0.2) is 0 Å². The van der Waals surface area contributed by atoms with Crippen molar-refractivity contribution in [1.82, 2.24) is 10.2 Å². The Morgan fingerprint density at radius 3 is 2.92 bits per heavy atom. The van der Waals surface area contributed by atoms with Gasteiger partial charge in [-0.1, -0.05) is 12.1 Å². The van der Waals surface area contributed by atoms with E-state index in [2.05, 4.69) is 10.6 Å². The Labute approximate surface area is 150 Å². The highest BCUT2D eigenvalue weighted by atomic mass is 32.1. The molecule has 0 saturated carbocycles. The maximum absolute atomic E-state index is 12.5. The van der Waals surface area contributed by atoms with Gasteiger partial charge in [0, 0.05) is 32.4 Å². The van der Waals surface area contributed by atoms with Crippen LogP contribution in [0.3, 0.4) is 0 Å². The topological polar surface area (TPSA) is 70.7 Å². The van der Waals surface area contributed by atoms with Crippen LogP contribution in [0.1, 0.15) is 20.8 Å². The maximum Gasteiger partial charge on any atom is 0.319 e. The van der Waals surface area contributed by atoms with E-state index in [-0.39, 0.29) is 11.9 Å². The summed E-state index contributed by atoms with van der Waals surface area (Å²) in [6.45, 7) is 2.20. The molecule has 0 aliphatic carbocycles. The zero-order chi connectivity index (χ0) is 17.6. The number of nitrogens with zero attached hydrogens (tertiary/aromatic N) is 1. The molecule has 1 aliphatic heterocycles. The number of hydrogen-bond acceptors (Lipinski definition) is 4. The van der Waals surface area contributed by atoms with Gasteiger partial charge < -0.3 is 20.3 Å². The summed E-state index contributed by atoms with van der Waals surface area (Å²) in [6.07, 6.45) is 0.826. The first-order chi connectivity index (χ1) is 12.2. The van der Waals surface area contributed by atoms with Crippen molar-refractivity contribution >= 4 is 29.0 Å². The van der Waals surface area contributed by atoms with E-state index < -0.39 is 0 Å². The minimum atomic E-state index is -0.265. The van der Waals surface area contributed by atoms with Gasteiger partial charge in [-0.25, -0.2) is 4.79 Å². The number of ether oxygens (including phenoxy) is 1. The van der Waals surface area contributed by atoms with Crippen LogP contribution >= 0.6 is 11.3 Å². The summed E-state index contributed by atoms with van der Waals surface area (Å²) in [4.78, 5) is 27.0. The van der Waals surface area contributed by atoms with E-state index in [9.17, 15) is 9.59 Å². The molecule has 7 heteroatoms. The van der Waals surface area contributed by atoms with Gasteiger partial charge in [-0.05, 0) is 41.1 Å². The van der Waals surface area contributed by atoms with Gasteiger partial charge in [-0.2, -0.15) is 0 Å². The lowest BCUT2D eigenvalue weighted by Gasteiger charge is -2.29. The highest BCUT2D eigenvalue weighted by Gasteiger charge is 2.22. The Morgan fingerprint density at radius 1 is 1.28 bits per heavy atom. The minimum absolute atomic E-state index is 0.0660. The number of methoxy groups -OCH3 is 1. The molecule has 1 aromatic heterocycles. The molecule has 0 saturated heterocycles. The summed E-state index contributed by atoms with van der Waals surface area (Å²) >= 11 is 1.46. The summed E-state index contributed by atoms with van der Waals surface area (Å²) < 4.78 is 4.90. The molecule has 2 N–H and O–H groups in total. The number of carbonyl (C=O) groups is 2. The van der Waals surface area contributed by atoms with Crippen LogP contribution in [0.4, 0.5) is 10.5 Å². The normalized spacial score (nSPS) is 13.2. The molecule has 0 radical (unpaired) electrons. The molecule has 0 spiro atoms. The number of thiophene rings is 1. The molecule has 25 heavy (non-hydrogen) atoms. The van der Waals surface area contributed by atoms with Gasteiger partial charge in [0.2, 0.25) is 0 Å². The Hall–Kier alpha value is -2.38. The van der Waals surface area contributed by atoms with Crippen LogP contribution in [0.15, 0.2) is 35.7 Å². The molecule has 0 unspecified atom stereocenters. The number of fused-ring (bicyclic) bond motifs is 1. The van der Waals surface area contributed by atoms with Crippen LogP contribution in [0, 0.1) is 0 Å². The summed E-state index contributed by atoms with van der Waals surface area (Å²) in [5.41, 5.74) is 3.02. The fourth-order valence-electron chi connectivity index (χ4n) is 2.81. The molecule has 3 rings (SSSR count). The van der Waals surface area contributed by atoms with E-state index in [0.29, 0.717) is 26.2 Å². The highest BCUT2D eigenvalue weighted by molar-refractivity contribution is 7.12. The van der Waals surface area contributed by atoms with Crippen molar-refractivity contribution in [2.24, 2.45) is 0 Å². The van der Waals surface area contributed by atoms with Gasteiger partial charge in [-0.3, -0.25) is 4.79 Å². The van der Waals surface area contributed by atoms with Crippen LogP contribution in [-0.2, 0) is 17.7 Å². The SMILES string of the molecule is COCCNC(=O)Nc1ccc2c(c1)CN(C(=O)c1cccs1)CC2. The van der Waals surface area contributed by atoms with E-state index >= 15 is 0 Å². The van der Waals surface area contributed by atoms with Crippen LogP contribution in [0.2, 0.25) is 0 Å². The molecule has 0 fully saturated rings. The van der Waals surface area contributed by atoms with Crippen LogP contribution in [0.25, 0.3) is 0 Å². The van der Waals surface area contributed by atoms with E-state index in [1.54, 1.807) is 7.11 Å². The smallest absolute Gasteiger partial charge is 0.319 e. The average molecular weight is 359 g/mol. The van der Waals surface area contributed by atoms with E-state index in [1.807, 2.05) is 40.6 Å². The molecular weight excluding hydrogens is 338 g/mol. The first-order valence-corrected chi connectivity index (χ1v) is 9.03. The maximum atomic E-state index is 12.5. The van der Waals surface area contributed by atoms with Crippen molar-refractivity contribution in [2.75, 3.05) is 32.1 Å². The fourth-order valence-corrected chi connectivity index (χ4v) is 3.50. The molecule has 3 amide bonds. The van der Waals surface area contributed by atoms with Crippen molar-refractivity contribution in [3.63, 3.8) is 0 Å². The Bertz CT molecular complexity index is 746. The van der Waals surface area contributed by atoms with Crippen molar-refractivity contribution in [3.05, 3.63) is 51.7 Å². The first-order valence-electron chi connectivity index (χ1n) is 8.16. The van der Waals surface area contributed by atoms with E-state index in [4.69, 9.17) is 4.74 Å². The summed E-state index contributed by atoms with van der Waals surface area (Å²) in [5.74, 6) is 0.0660. The monoisotopic (exact) mass is 359 g/mol. The molecule has 0 atom stereocenters. The number of rotatable bonds is 5. The highest BCUT2D eigenvalue weighted by Crippen LogP contribution is 2.24. The third kappa shape index (κ3) is 4.37. The molecular formula is C18H21N3O3S. The van der Waals surface area contributed by atoms with Gasteiger partial charge >= 0.3 is 6.03 Å². The Morgan fingerprint density at radius 2 is 2.16 bits per heavy atom. The molecule has 2 heterocycles. The summed E-state index contributed by atoms with van der Waals surface area (Å²) in [6, 6.07) is 9.34. The standard InChI is InChI=1S/C18H21N3O3S/c1-24-9-7-19-18(23)20-15-5-4-13-6-8-21(12-14(13)11-15)17(22)16-3-2-10-25-16/h2-5,10-11H,6-9,12H2,1H3,(H2,19,20,23). The van der Waals surface area contributed by atoms with Crippen molar-refractivity contribution in [1.29, 1.82) is 0 Å². The number of carbonyl (C=O) groups excluding carboxylic acids is 2. The number of nitrogens with one attached hydrogen (secondary N) is 2. The summed E-state index contributed by atoms with van der Waals surface area (Å²) in [7, 11) is 1.59. The number of amides is 3. The zero-order valence-electron chi connectivity index (χ0n) is 14.1. The third-order valence-corrected chi connectivity index (χ3v) is 4.95. The third-order valence-electron chi connectivity index (χ3n) is 4.09. The fraction of sp³-hybridized carbons (Fsp3) is 0.333. The average Bonchev–Trinajstić information content (AvgIpc) is 3.15. The lowest BCUT2D eigenvalue weighted by Crippen LogP contribution is -2.35. The number of urea groups is 1. The molecule has 132 valence electrons. The molecule has 0 bridgehead atoms. The first kappa shape index (κ1) is 17.4. The van der Waals surface area contributed by atoms with E-state index in [1.165, 1.54) is 16.9 Å². The Balaban J connectivity index is 1.65. The molecule has 1 aromatic carbocycles. The second-order valence-corrected chi connectivity index (χ2v) is 6.76. The number of benzene rings is 1. The van der Waals surface area contributed by atoms with Crippen LogP contribution in [-0.4, -0.2) is 43.6 Å². The van der Waals surface area contributed by atoms with Crippen molar-refractivity contribution in [3.8, 4) is 0 Å². The van der Waals surface area contributed by atoms with Crippen LogP contribution < -0.4 is 10.6 Å². The quantitative estimate of drug-likeness (QED) is 0.807. The van der Waals surface area contributed by atoms with Crippen molar-refractivity contribution < 1.29 is 14.3 Å². The van der Waals surface area contributed by atoms with E-state index in [0.717, 1.165) is 22.5 Å². The number of hydrogen-bond donors (Lipinski definition) is 2. The van der Waals surface area contributed by atoms with Gasteiger partial charge in [-0.15, -0.1) is 11.3 Å². The second kappa shape index (κ2) is 8.13. The van der Waals surface area contributed by atoms with Crippen molar-refractivity contribution in [2.45, 2.75) is 13.0 Å².